The molecule has 0 bridgehead atoms. The summed E-state index contributed by atoms with van der Waals surface area (Å²) in [5.41, 5.74) is 1.63. The first kappa shape index (κ1) is 19.5. The van der Waals surface area contributed by atoms with Crippen LogP contribution >= 0.6 is 11.6 Å². The van der Waals surface area contributed by atoms with Crippen LogP contribution in [0.15, 0.2) is 57.9 Å². The monoisotopic (exact) mass is 412 g/mol. The van der Waals surface area contributed by atoms with Gasteiger partial charge in [0.2, 0.25) is 5.55 Å². The Labute approximate surface area is 173 Å². The number of halogens is 1. The van der Waals surface area contributed by atoms with Crippen LogP contribution in [0.25, 0.3) is 11.0 Å². The average Bonchev–Trinajstić information content (AvgIpc) is 3.25. The van der Waals surface area contributed by atoms with E-state index in [0.29, 0.717) is 34.2 Å². The van der Waals surface area contributed by atoms with Gasteiger partial charge in [-0.25, -0.2) is 4.99 Å². The van der Waals surface area contributed by atoms with Crippen molar-refractivity contribution in [2.24, 2.45) is 4.99 Å². The highest BCUT2D eigenvalue weighted by atomic mass is 35.5. The van der Waals surface area contributed by atoms with Crippen molar-refractivity contribution in [1.82, 2.24) is 5.32 Å². The first-order valence-electron chi connectivity index (χ1n) is 9.45. The summed E-state index contributed by atoms with van der Waals surface area (Å²) < 4.78 is 17.0. The van der Waals surface area contributed by atoms with Crippen molar-refractivity contribution in [1.29, 1.82) is 0 Å². The molecule has 2 aromatic carbocycles. The molecule has 1 atom stereocenters. The number of ether oxygens (including phenoxy) is 2. The van der Waals surface area contributed by atoms with Crippen LogP contribution in [0.4, 0.5) is 5.69 Å². The minimum absolute atomic E-state index is 0.0461. The number of carbonyl (C=O) groups is 1. The number of methoxy groups -OCH3 is 1. The van der Waals surface area contributed by atoms with E-state index in [1.807, 2.05) is 12.1 Å². The van der Waals surface area contributed by atoms with E-state index in [0.717, 1.165) is 24.8 Å². The van der Waals surface area contributed by atoms with E-state index in [1.54, 1.807) is 43.5 Å². The molecule has 0 unspecified atom stereocenters. The molecule has 7 heteroatoms. The maximum absolute atomic E-state index is 12.9. The summed E-state index contributed by atoms with van der Waals surface area (Å²) in [6.07, 6.45) is 2.00. The Balaban J connectivity index is 1.79. The van der Waals surface area contributed by atoms with Gasteiger partial charge in [-0.1, -0.05) is 29.8 Å². The average molecular weight is 413 g/mol. The maximum atomic E-state index is 12.9. The highest BCUT2D eigenvalue weighted by Gasteiger charge is 2.19. The molecule has 0 saturated carbocycles. The van der Waals surface area contributed by atoms with Crippen LogP contribution in [0.5, 0.6) is 5.75 Å². The fourth-order valence-electron chi connectivity index (χ4n) is 3.30. The van der Waals surface area contributed by atoms with Gasteiger partial charge >= 0.3 is 0 Å². The minimum atomic E-state index is -0.269. The SMILES string of the molecule is COc1cccc2cc(C(=O)NC[C@@H]3CCCO3)c(=Nc3cccc(Cl)c3)oc12. The summed E-state index contributed by atoms with van der Waals surface area (Å²) in [7, 11) is 1.57. The second kappa shape index (κ2) is 8.68. The zero-order valence-electron chi connectivity index (χ0n) is 16.0. The fraction of sp³-hybridized carbons (Fsp3) is 0.273. The zero-order valence-corrected chi connectivity index (χ0v) is 16.7. The van der Waals surface area contributed by atoms with Crippen LogP contribution in [-0.4, -0.2) is 32.3 Å². The number of benzene rings is 2. The molecule has 1 fully saturated rings. The van der Waals surface area contributed by atoms with Crippen molar-refractivity contribution in [3.8, 4) is 5.75 Å². The van der Waals surface area contributed by atoms with Gasteiger partial charge in [0.05, 0.1) is 18.9 Å². The number of hydrogen-bond donors (Lipinski definition) is 1. The number of rotatable bonds is 5. The molecule has 1 aromatic heterocycles. The third-order valence-corrected chi connectivity index (χ3v) is 4.99. The first-order chi connectivity index (χ1) is 14.1. The van der Waals surface area contributed by atoms with E-state index in [2.05, 4.69) is 10.3 Å². The van der Waals surface area contributed by atoms with Crippen LogP contribution in [-0.2, 0) is 4.74 Å². The van der Waals surface area contributed by atoms with Gasteiger partial charge < -0.3 is 19.2 Å². The summed E-state index contributed by atoms with van der Waals surface area (Å²) >= 11 is 6.07. The molecular weight excluding hydrogens is 392 g/mol. The molecular formula is C22H21ClN2O4. The molecule has 1 saturated heterocycles. The third kappa shape index (κ3) is 4.44. The van der Waals surface area contributed by atoms with Crippen molar-refractivity contribution in [2.45, 2.75) is 18.9 Å². The maximum Gasteiger partial charge on any atom is 0.256 e. The summed E-state index contributed by atoms with van der Waals surface area (Å²) in [6.45, 7) is 1.19. The Morgan fingerprint density at radius 3 is 2.90 bits per heavy atom. The predicted octanol–water partition coefficient (Wildman–Crippen LogP) is 4.24. The molecule has 6 nitrogen and oxygen atoms in total. The van der Waals surface area contributed by atoms with E-state index in [4.69, 9.17) is 25.5 Å². The Kier molecular flexibility index (Phi) is 5.83. The number of hydrogen-bond acceptors (Lipinski definition) is 5. The Morgan fingerprint density at radius 2 is 2.14 bits per heavy atom. The summed E-state index contributed by atoms with van der Waals surface area (Å²) in [6, 6.07) is 14.3. The normalized spacial score (nSPS) is 16.9. The van der Waals surface area contributed by atoms with Crippen LogP contribution in [0.2, 0.25) is 5.02 Å². The zero-order chi connectivity index (χ0) is 20.2. The van der Waals surface area contributed by atoms with Crippen molar-refractivity contribution in [3.05, 3.63) is 64.7 Å². The van der Waals surface area contributed by atoms with Crippen molar-refractivity contribution < 1.29 is 18.7 Å². The van der Waals surface area contributed by atoms with Gasteiger partial charge in [-0.15, -0.1) is 0 Å². The largest absolute Gasteiger partial charge is 0.493 e. The number of fused-ring (bicyclic) bond motifs is 1. The molecule has 1 aliphatic heterocycles. The van der Waals surface area contributed by atoms with Crippen LogP contribution in [0.3, 0.4) is 0 Å². The highest BCUT2D eigenvalue weighted by molar-refractivity contribution is 6.30. The first-order valence-corrected chi connectivity index (χ1v) is 9.83. The number of para-hydroxylation sites is 1. The van der Waals surface area contributed by atoms with Crippen molar-refractivity contribution >= 4 is 34.2 Å². The summed E-state index contributed by atoms with van der Waals surface area (Å²) in [4.78, 5) is 17.5. The van der Waals surface area contributed by atoms with Gasteiger partial charge in [0.15, 0.2) is 11.3 Å². The molecule has 3 aromatic rings. The lowest BCUT2D eigenvalue weighted by molar-refractivity contribution is 0.0854. The summed E-state index contributed by atoms with van der Waals surface area (Å²) in [5.74, 6) is 0.297. The van der Waals surface area contributed by atoms with Crippen LogP contribution in [0.1, 0.15) is 23.2 Å². The standard InChI is InChI=1S/C22H21ClN2O4/c1-27-19-9-2-5-14-11-18(21(26)24-13-17-8-4-10-28-17)22(29-20(14)19)25-16-7-3-6-15(23)12-16/h2-3,5-7,9,11-12,17H,4,8,10,13H2,1H3,(H,24,26)/t17-/m0/s1. The summed E-state index contributed by atoms with van der Waals surface area (Å²) in [5, 5.41) is 4.23. The minimum Gasteiger partial charge on any atom is -0.493 e. The number of amides is 1. The van der Waals surface area contributed by atoms with Gasteiger partial charge in [-0.3, -0.25) is 4.79 Å². The molecule has 0 radical (unpaired) electrons. The molecule has 2 heterocycles. The lowest BCUT2D eigenvalue weighted by atomic mass is 10.1. The van der Waals surface area contributed by atoms with E-state index in [-0.39, 0.29) is 17.6 Å². The quantitative estimate of drug-likeness (QED) is 0.680. The molecule has 1 aliphatic rings. The predicted molar refractivity (Wildman–Crippen MR) is 111 cm³/mol. The Hall–Kier alpha value is -2.83. The Bertz CT molecular complexity index is 1100. The molecule has 1 N–H and O–H groups in total. The molecule has 1 amide bonds. The lowest BCUT2D eigenvalue weighted by Crippen LogP contribution is -2.34. The number of carbonyl (C=O) groups excluding carboxylic acids is 1. The molecule has 0 aliphatic carbocycles. The highest BCUT2D eigenvalue weighted by Crippen LogP contribution is 2.25. The molecule has 4 rings (SSSR count). The van der Waals surface area contributed by atoms with Gasteiger partial charge in [0, 0.05) is 23.6 Å². The lowest BCUT2D eigenvalue weighted by Gasteiger charge is -2.12. The van der Waals surface area contributed by atoms with E-state index in [9.17, 15) is 4.79 Å². The molecule has 29 heavy (non-hydrogen) atoms. The van der Waals surface area contributed by atoms with Gasteiger partial charge in [-0.05, 0) is 43.2 Å². The third-order valence-electron chi connectivity index (χ3n) is 4.76. The number of nitrogens with one attached hydrogen (secondary N) is 1. The van der Waals surface area contributed by atoms with Crippen molar-refractivity contribution in [3.63, 3.8) is 0 Å². The second-order valence-corrected chi connectivity index (χ2v) is 7.22. The van der Waals surface area contributed by atoms with E-state index in [1.165, 1.54) is 0 Å². The van der Waals surface area contributed by atoms with Gasteiger partial charge in [0.1, 0.15) is 5.56 Å². The molecule has 0 spiro atoms. The smallest absolute Gasteiger partial charge is 0.256 e. The van der Waals surface area contributed by atoms with E-state index >= 15 is 0 Å². The Morgan fingerprint density at radius 1 is 1.28 bits per heavy atom. The van der Waals surface area contributed by atoms with Gasteiger partial charge in [-0.2, -0.15) is 0 Å². The number of nitrogens with zero attached hydrogens (tertiary/aromatic N) is 1. The van der Waals surface area contributed by atoms with Crippen LogP contribution in [0, 0.1) is 0 Å². The van der Waals surface area contributed by atoms with Crippen LogP contribution < -0.4 is 15.6 Å². The van der Waals surface area contributed by atoms with Gasteiger partial charge in [0.25, 0.3) is 5.91 Å². The molecule has 150 valence electrons. The topological polar surface area (TPSA) is 73.1 Å². The second-order valence-electron chi connectivity index (χ2n) is 6.78. The van der Waals surface area contributed by atoms with Crippen molar-refractivity contribution in [2.75, 3.05) is 20.3 Å². The van der Waals surface area contributed by atoms with E-state index < -0.39 is 0 Å². The fourth-order valence-corrected chi connectivity index (χ4v) is 3.49.